The molecule has 1 aliphatic carbocycles. The summed E-state index contributed by atoms with van der Waals surface area (Å²) in [4.78, 5) is 0. The molecule has 0 saturated heterocycles. The molecule has 4 heteroatoms. The third-order valence-corrected chi connectivity index (χ3v) is 18.3. The third kappa shape index (κ3) is 6.84. The van der Waals surface area contributed by atoms with Crippen molar-refractivity contribution in [3.05, 3.63) is 254 Å². The topological polar surface area (TPSA) is 34.1 Å². The molecular formula is C59H44O2P2. The van der Waals surface area contributed by atoms with Crippen LogP contribution >= 0.6 is 14.3 Å². The van der Waals surface area contributed by atoms with Gasteiger partial charge in [-0.1, -0.05) is 219 Å². The highest BCUT2D eigenvalue weighted by Crippen LogP contribution is 2.56. The fourth-order valence-corrected chi connectivity index (χ4v) is 14.9. The lowest BCUT2D eigenvalue weighted by Crippen LogP contribution is -2.30. The molecule has 0 fully saturated rings. The molecule has 63 heavy (non-hydrogen) atoms. The van der Waals surface area contributed by atoms with E-state index >= 15 is 9.13 Å². The number of rotatable bonds is 10. The highest BCUT2D eigenvalue weighted by Gasteiger charge is 2.37. The Morgan fingerprint density at radius 1 is 0.349 bits per heavy atom. The van der Waals surface area contributed by atoms with Crippen molar-refractivity contribution in [3.63, 3.8) is 0 Å². The molecule has 0 spiro atoms. The van der Waals surface area contributed by atoms with Gasteiger partial charge in [-0.3, -0.25) is 0 Å². The fourth-order valence-electron chi connectivity index (χ4n) is 9.36. The van der Waals surface area contributed by atoms with Crippen molar-refractivity contribution >= 4 is 57.8 Å². The molecule has 0 heterocycles. The van der Waals surface area contributed by atoms with E-state index in [9.17, 15) is 0 Å². The van der Waals surface area contributed by atoms with Gasteiger partial charge in [-0.25, -0.2) is 0 Å². The molecule has 0 amide bonds. The van der Waals surface area contributed by atoms with Gasteiger partial charge in [-0.2, -0.15) is 0 Å². The minimum absolute atomic E-state index is 0.612. The fraction of sp³-hybridized carbons (Fsp3) is 0.0169. The molecule has 302 valence electrons. The van der Waals surface area contributed by atoms with Crippen molar-refractivity contribution < 1.29 is 9.13 Å². The molecule has 10 rings (SSSR count). The first-order chi connectivity index (χ1) is 30.9. The van der Waals surface area contributed by atoms with Crippen LogP contribution in [0.15, 0.2) is 237 Å². The van der Waals surface area contributed by atoms with Crippen molar-refractivity contribution in [2.75, 3.05) is 0 Å². The normalized spacial score (nSPS) is 12.3. The lowest BCUT2D eigenvalue weighted by atomic mass is 9.83. The molecule has 0 N–H and O–H groups in total. The van der Waals surface area contributed by atoms with E-state index in [1.165, 1.54) is 0 Å². The Balaban J connectivity index is 1.40. The van der Waals surface area contributed by atoms with Crippen molar-refractivity contribution in [1.82, 2.24) is 0 Å². The minimum atomic E-state index is -3.60. The summed E-state index contributed by atoms with van der Waals surface area (Å²) in [6, 6.07) is 75.0. The first-order valence-electron chi connectivity index (χ1n) is 21.3. The third-order valence-electron chi connectivity index (χ3n) is 12.2. The van der Waals surface area contributed by atoms with Gasteiger partial charge in [0.25, 0.3) is 0 Å². The maximum atomic E-state index is 16.6. The molecular weight excluding hydrogens is 803 g/mol. The van der Waals surface area contributed by atoms with Crippen LogP contribution < -0.4 is 31.8 Å². The SMILES string of the molecule is C=C1c2c(C=CC)cccc2-c2c1c(-c1ccccc1)cc(-c1cc(P(=O)(c3ccccc3)c3ccccc3)cc(P(=O)(c3ccccc3)c3ccccc3)c1)c2-c1ccccc1. The van der Waals surface area contributed by atoms with Gasteiger partial charge >= 0.3 is 0 Å². The second-order valence-electron chi connectivity index (χ2n) is 15.9. The van der Waals surface area contributed by atoms with E-state index in [0.717, 1.165) is 66.8 Å². The predicted molar refractivity (Wildman–Crippen MR) is 270 cm³/mol. The molecule has 0 atom stereocenters. The van der Waals surface area contributed by atoms with Gasteiger partial charge in [0.2, 0.25) is 0 Å². The van der Waals surface area contributed by atoms with E-state index in [-0.39, 0.29) is 0 Å². The van der Waals surface area contributed by atoms with Gasteiger partial charge in [-0.05, 0) is 98.0 Å². The molecule has 2 nitrogen and oxygen atoms in total. The summed E-state index contributed by atoms with van der Waals surface area (Å²) in [7, 11) is -7.19. The predicted octanol–water partition coefficient (Wildman–Crippen LogP) is 13.0. The van der Waals surface area contributed by atoms with E-state index in [0.29, 0.717) is 31.8 Å². The molecule has 0 aromatic heterocycles. The number of fused-ring (bicyclic) bond motifs is 3. The average molecular weight is 847 g/mol. The molecule has 0 unspecified atom stereocenters. The Hall–Kier alpha value is -7.08. The van der Waals surface area contributed by atoms with Crippen molar-refractivity contribution in [1.29, 1.82) is 0 Å². The molecule has 0 bridgehead atoms. The molecule has 1 aliphatic rings. The second-order valence-corrected chi connectivity index (χ2v) is 21.4. The monoisotopic (exact) mass is 846 g/mol. The van der Waals surface area contributed by atoms with Crippen LogP contribution in [-0.4, -0.2) is 0 Å². The summed E-state index contributed by atoms with van der Waals surface area (Å²) in [6.07, 6.45) is 4.24. The minimum Gasteiger partial charge on any atom is -0.309 e. The molecule has 0 radical (unpaired) electrons. The zero-order valence-electron chi connectivity index (χ0n) is 34.9. The van der Waals surface area contributed by atoms with Crippen LogP contribution in [0, 0.1) is 0 Å². The van der Waals surface area contributed by atoms with Crippen LogP contribution in [0.3, 0.4) is 0 Å². The maximum absolute atomic E-state index is 16.6. The number of benzene rings is 9. The van der Waals surface area contributed by atoms with E-state index in [2.05, 4.69) is 97.1 Å². The molecule has 9 aromatic rings. The lowest BCUT2D eigenvalue weighted by Gasteiger charge is -2.26. The van der Waals surface area contributed by atoms with Crippen LogP contribution in [0.1, 0.15) is 23.6 Å². The summed E-state index contributed by atoms with van der Waals surface area (Å²) in [5.41, 5.74) is 12.4. The highest BCUT2D eigenvalue weighted by atomic mass is 31.2. The summed E-state index contributed by atoms with van der Waals surface area (Å²) in [6.45, 7) is 6.87. The summed E-state index contributed by atoms with van der Waals surface area (Å²) in [5, 5.41) is 4.05. The first kappa shape index (κ1) is 40.0. The van der Waals surface area contributed by atoms with Crippen LogP contribution in [0.2, 0.25) is 0 Å². The van der Waals surface area contributed by atoms with Gasteiger partial charge in [0.15, 0.2) is 14.3 Å². The number of hydrogen-bond donors (Lipinski definition) is 0. The Labute approximate surface area is 370 Å². The Morgan fingerprint density at radius 3 is 1.21 bits per heavy atom. The Kier molecular flexibility index (Phi) is 10.6. The zero-order valence-corrected chi connectivity index (χ0v) is 36.7. The van der Waals surface area contributed by atoms with Gasteiger partial charge < -0.3 is 9.13 Å². The summed E-state index contributed by atoms with van der Waals surface area (Å²) >= 11 is 0. The van der Waals surface area contributed by atoms with Crippen molar-refractivity contribution in [3.8, 4) is 44.5 Å². The molecule has 0 aliphatic heterocycles. The number of hydrogen-bond acceptors (Lipinski definition) is 2. The largest absolute Gasteiger partial charge is 0.309 e. The second kappa shape index (κ2) is 16.7. The van der Waals surface area contributed by atoms with Crippen LogP contribution in [0.4, 0.5) is 0 Å². The van der Waals surface area contributed by atoms with Gasteiger partial charge in [0, 0.05) is 31.8 Å². The maximum Gasteiger partial charge on any atom is 0.171 e. The van der Waals surface area contributed by atoms with Crippen molar-refractivity contribution in [2.45, 2.75) is 6.92 Å². The first-order valence-corrected chi connectivity index (χ1v) is 24.7. The average Bonchev–Trinajstić information content (AvgIpc) is 3.66. The zero-order chi connectivity index (χ0) is 43.0. The van der Waals surface area contributed by atoms with Crippen molar-refractivity contribution in [2.24, 2.45) is 0 Å². The molecule has 9 aromatic carbocycles. The smallest absolute Gasteiger partial charge is 0.171 e. The Bertz CT molecular complexity index is 3070. The van der Waals surface area contributed by atoms with Gasteiger partial charge in [-0.15, -0.1) is 0 Å². The van der Waals surface area contributed by atoms with E-state index in [1.54, 1.807) is 0 Å². The van der Waals surface area contributed by atoms with E-state index in [1.807, 2.05) is 146 Å². The van der Waals surface area contributed by atoms with E-state index < -0.39 is 14.3 Å². The van der Waals surface area contributed by atoms with Gasteiger partial charge in [0.05, 0.1) is 0 Å². The van der Waals surface area contributed by atoms with E-state index in [4.69, 9.17) is 6.58 Å². The highest BCUT2D eigenvalue weighted by molar-refractivity contribution is 7.86. The summed E-state index contributed by atoms with van der Waals surface area (Å²) in [5.74, 6) is 0. The van der Waals surface area contributed by atoms with Crippen LogP contribution in [0.25, 0.3) is 56.2 Å². The van der Waals surface area contributed by atoms with Gasteiger partial charge in [0.1, 0.15) is 0 Å². The van der Waals surface area contributed by atoms with Crippen LogP contribution in [-0.2, 0) is 9.13 Å². The quantitative estimate of drug-likeness (QED) is 0.129. The number of allylic oxidation sites excluding steroid dienone is 1. The lowest BCUT2D eigenvalue weighted by molar-refractivity contribution is 0.592. The molecule has 0 saturated carbocycles. The van der Waals surface area contributed by atoms with Crippen LogP contribution in [0.5, 0.6) is 0 Å². The standard InChI is InChI=1S/C59H44O2P2/c1-3-23-44-28-22-37-53-56(44)42(2)57-54(43-24-10-4-11-25-43)41-55(58(59(53)57)45-26-12-5-13-27-45)46-38-51(62(60,47-29-14-6-15-30-47)48-31-16-7-17-32-48)40-52(39-46)63(61,49-33-18-8-19-34-49)50-35-20-9-21-36-50/h3-41H,2H2,1H3. The Morgan fingerprint density at radius 2 is 0.762 bits per heavy atom. The summed E-state index contributed by atoms with van der Waals surface area (Å²) < 4.78 is 33.2.